The first-order valence-corrected chi connectivity index (χ1v) is 5.70. The molecule has 0 aromatic carbocycles. The molecule has 1 amide bonds. The van der Waals surface area contributed by atoms with Crippen LogP contribution in [0.4, 0.5) is 10.8 Å². The average Bonchev–Trinajstić information content (AvgIpc) is 2.71. The van der Waals surface area contributed by atoms with Gasteiger partial charge in [0.2, 0.25) is 0 Å². The van der Waals surface area contributed by atoms with E-state index in [1.807, 2.05) is 0 Å². The van der Waals surface area contributed by atoms with Gasteiger partial charge in [-0.1, -0.05) is 0 Å². The van der Waals surface area contributed by atoms with E-state index >= 15 is 0 Å². The summed E-state index contributed by atoms with van der Waals surface area (Å²) in [7, 11) is 0. The number of hydrogen-bond donors (Lipinski definition) is 2. The highest BCUT2D eigenvalue weighted by Crippen LogP contribution is 2.34. The summed E-state index contributed by atoms with van der Waals surface area (Å²) in [6, 6.07) is 0.433. The molecule has 4 N–H and O–H groups in total. The van der Waals surface area contributed by atoms with Crippen LogP contribution in [0.25, 0.3) is 0 Å². The van der Waals surface area contributed by atoms with Gasteiger partial charge in [-0.3, -0.25) is 4.79 Å². The Morgan fingerprint density at radius 3 is 2.93 bits per heavy atom. The number of nitrogens with two attached hydrogens (primary N) is 2. The summed E-state index contributed by atoms with van der Waals surface area (Å²) in [5.74, 6) is -0.239. The van der Waals surface area contributed by atoms with Crippen LogP contribution in [0.2, 0.25) is 0 Å². The van der Waals surface area contributed by atoms with Crippen molar-refractivity contribution >= 4 is 28.3 Å². The fraction of sp³-hybridized carbons (Fsp3) is 0.556. The van der Waals surface area contributed by atoms with E-state index in [9.17, 15) is 4.79 Å². The minimum Gasteiger partial charge on any atom is -0.382 e. The number of hydrogen-bond acceptors (Lipinski definition) is 5. The SMILES string of the molecule is CC1CCCN1c1snc(N)c1C(N)=O. The topological polar surface area (TPSA) is 85.2 Å². The number of rotatable bonds is 2. The molecule has 1 atom stereocenters. The number of anilines is 2. The standard InChI is InChI=1S/C9H14N4OS/c1-5-3-2-4-13(5)9-6(8(11)14)7(10)12-15-9/h5H,2-4H2,1H3,(H2,10,12)(H2,11,14). The van der Waals surface area contributed by atoms with Crippen LogP contribution in [0.5, 0.6) is 0 Å². The fourth-order valence-electron chi connectivity index (χ4n) is 1.96. The highest BCUT2D eigenvalue weighted by Gasteiger charge is 2.27. The molecule has 1 aliphatic rings. The first kappa shape index (κ1) is 10.2. The second-order valence-electron chi connectivity index (χ2n) is 3.80. The third-order valence-electron chi connectivity index (χ3n) is 2.76. The van der Waals surface area contributed by atoms with Gasteiger partial charge in [-0.15, -0.1) is 0 Å². The van der Waals surface area contributed by atoms with E-state index in [-0.39, 0.29) is 5.82 Å². The molecule has 5 nitrogen and oxygen atoms in total. The predicted octanol–water partition coefficient (Wildman–Crippen LogP) is 0.813. The lowest BCUT2D eigenvalue weighted by atomic mass is 10.2. The molecule has 6 heteroatoms. The molecule has 2 rings (SSSR count). The first-order valence-electron chi connectivity index (χ1n) is 4.93. The molecule has 1 aromatic rings. The summed E-state index contributed by atoms with van der Waals surface area (Å²) in [5.41, 5.74) is 11.3. The maximum Gasteiger partial charge on any atom is 0.255 e. The summed E-state index contributed by atoms with van der Waals surface area (Å²) in [5, 5.41) is 0.824. The van der Waals surface area contributed by atoms with Crippen molar-refractivity contribution < 1.29 is 4.79 Å². The molecule has 0 spiro atoms. The number of amides is 1. The Labute approximate surface area is 92.2 Å². The molecule has 0 saturated carbocycles. The minimum absolute atomic E-state index is 0.251. The second-order valence-corrected chi connectivity index (χ2v) is 4.55. The molecule has 1 saturated heterocycles. The van der Waals surface area contributed by atoms with Crippen molar-refractivity contribution in [2.75, 3.05) is 17.2 Å². The zero-order valence-electron chi connectivity index (χ0n) is 8.56. The lowest BCUT2D eigenvalue weighted by molar-refractivity contribution is 0.100. The molecule has 0 bridgehead atoms. The van der Waals surface area contributed by atoms with Gasteiger partial charge in [0.05, 0.1) is 0 Å². The van der Waals surface area contributed by atoms with Crippen LogP contribution >= 0.6 is 11.5 Å². The normalized spacial score (nSPS) is 20.9. The first-order chi connectivity index (χ1) is 7.11. The van der Waals surface area contributed by atoms with Crippen LogP contribution in [-0.4, -0.2) is 22.9 Å². The molecule has 1 unspecified atom stereocenters. The molecule has 1 fully saturated rings. The number of nitrogens with zero attached hydrogens (tertiary/aromatic N) is 2. The van der Waals surface area contributed by atoms with Gasteiger partial charge >= 0.3 is 0 Å². The summed E-state index contributed by atoms with van der Waals surface area (Å²) < 4.78 is 3.99. The van der Waals surface area contributed by atoms with Crippen molar-refractivity contribution in [3.63, 3.8) is 0 Å². The van der Waals surface area contributed by atoms with E-state index in [1.54, 1.807) is 0 Å². The Morgan fingerprint density at radius 1 is 1.67 bits per heavy atom. The zero-order chi connectivity index (χ0) is 11.0. The largest absolute Gasteiger partial charge is 0.382 e. The Bertz CT molecular complexity index is 389. The number of primary amides is 1. The maximum absolute atomic E-state index is 11.2. The van der Waals surface area contributed by atoms with Crippen LogP contribution in [0.3, 0.4) is 0 Å². The predicted molar refractivity (Wildman–Crippen MR) is 61.1 cm³/mol. The molecule has 0 aliphatic carbocycles. The van der Waals surface area contributed by atoms with Crippen molar-refractivity contribution in [3.05, 3.63) is 5.56 Å². The van der Waals surface area contributed by atoms with Crippen molar-refractivity contribution in [2.45, 2.75) is 25.8 Å². The highest BCUT2D eigenvalue weighted by atomic mass is 32.1. The average molecular weight is 226 g/mol. The smallest absolute Gasteiger partial charge is 0.255 e. The summed E-state index contributed by atoms with van der Waals surface area (Å²) in [6.45, 7) is 3.08. The van der Waals surface area contributed by atoms with E-state index in [2.05, 4.69) is 16.2 Å². The van der Waals surface area contributed by atoms with E-state index < -0.39 is 5.91 Å². The van der Waals surface area contributed by atoms with Gasteiger partial charge in [0.1, 0.15) is 10.6 Å². The molecule has 15 heavy (non-hydrogen) atoms. The van der Waals surface area contributed by atoms with E-state index in [0.717, 1.165) is 24.4 Å². The summed E-state index contributed by atoms with van der Waals surface area (Å²) in [6.07, 6.45) is 2.27. The quantitative estimate of drug-likeness (QED) is 0.781. The van der Waals surface area contributed by atoms with Gasteiger partial charge in [0.15, 0.2) is 5.82 Å². The Balaban J connectivity index is 2.39. The lowest BCUT2D eigenvalue weighted by Gasteiger charge is -2.21. The van der Waals surface area contributed by atoms with Crippen molar-refractivity contribution in [1.29, 1.82) is 0 Å². The number of aromatic nitrogens is 1. The van der Waals surface area contributed by atoms with Gasteiger partial charge < -0.3 is 16.4 Å². The van der Waals surface area contributed by atoms with Crippen LogP contribution < -0.4 is 16.4 Å². The Morgan fingerprint density at radius 2 is 2.40 bits per heavy atom. The maximum atomic E-state index is 11.2. The molecule has 1 aliphatic heterocycles. The number of carbonyl (C=O) groups is 1. The Hall–Kier alpha value is -1.30. The van der Waals surface area contributed by atoms with E-state index in [4.69, 9.17) is 11.5 Å². The third-order valence-corrected chi connectivity index (χ3v) is 3.66. The Kier molecular flexibility index (Phi) is 2.52. The number of carbonyl (C=O) groups excluding carboxylic acids is 1. The van der Waals surface area contributed by atoms with Gasteiger partial charge in [-0.2, -0.15) is 4.37 Å². The molecular weight excluding hydrogens is 212 g/mol. The van der Waals surface area contributed by atoms with Gasteiger partial charge in [-0.05, 0) is 31.3 Å². The molecule has 2 heterocycles. The monoisotopic (exact) mass is 226 g/mol. The molecule has 82 valence electrons. The number of nitrogen functional groups attached to an aromatic ring is 1. The van der Waals surface area contributed by atoms with E-state index in [0.29, 0.717) is 11.6 Å². The van der Waals surface area contributed by atoms with Gasteiger partial charge in [0, 0.05) is 12.6 Å². The summed E-state index contributed by atoms with van der Waals surface area (Å²) >= 11 is 1.26. The summed E-state index contributed by atoms with van der Waals surface area (Å²) in [4.78, 5) is 13.4. The minimum atomic E-state index is -0.490. The van der Waals surface area contributed by atoms with Gasteiger partial charge in [-0.25, -0.2) is 0 Å². The second kappa shape index (κ2) is 3.69. The third kappa shape index (κ3) is 1.65. The molecular formula is C9H14N4OS. The molecule has 1 aromatic heterocycles. The lowest BCUT2D eigenvalue weighted by Crippen LogP contribution is -2.28. The van der Waals surface area contributed by atoms with Crippen LogP contribution in [0.1, 0.15) is 30.1 Å². The highest BCUT2D eigenvalue weighted by molar-refractivity contribution is 7.11. The van der Waals surface area contributed by atoms with Crippen molar-refractivity contribution in [2.24, 2.45) is 5.73 Å². The van der Waals surface area contributed by atoms with Crippen molar-refractivity contribution in [3.8, 4) is 0 Å². The van der Waals surface area contributed by atoms with E-state index in [1.165, 1.54) is 11.5 Å². The molecule has 0 radical (unpaired) electrons. The zero-order valence-corrected chi connectivity index (χ0v) is 9.38. The van der Waals surface area contributed by atoms with Gasteiger partial charge in [0.25, 0.3) is 5.91 Å². The fourth-order valence-corrected chi connectivity index (χ4v) is 2.90. The van der Waals surface area contributed by atoms with Crippen LogP contribution in [0.15, 0.2) is 0 Å². The van der Waals surface area contributed by atoms with Crippen LogP contribution in [0, 0.1) is 0 Å². The van der Waals surface area contributed by atoms with Crippen LogP contribution in [-0.2, 0) is 0 Å². The van der Waals surface area contributed by atoms with Crippen molar-refractivity contribution in [1.82, 2.24) is 4.37 Å².